The van der Waals surface area contributed by atoms with Gasteiger partial charge in [0.25, 0.3) is 0 Å². The molecule has 7 nitrogen and oxygen atoms in total. The van der Waals surface area contributed by atoms with Gasteiger partial charge in [-0.3, -0.25) is 9.89 Å². The van der Waals surface area contributed by atoms with Gasteiger partial charge in [0, 0.05) is 23.1 Å². The largest absolute Gasteiger partial charge is 0.493 e. The van der Waals surface area contributed by atoms with Crippen molar-refractivity contribution in [3.05, 3.63) is 48.0 Å². The number of carbonyl (C=O) groups excluding carboxylic acids is 1. The summed E-state index contributed by atoms with van der Waals surface area (Å²) in [6, 6.07) is 13.3. The quantitative estimate of drug-likeness (QED) is 0.221. The lowest BCUT2D eigenvalue weighted by Gasteiger charge is -2.09. The molecule has 0 fully saturated rings. The number of hydrogen-bond acceptors (Lipinski definition) is 6. The molecule has 34 heavy (non-hydrogen) atoms. The molecule has 2 aromatic carbocycles. The average Bonchev–Trinajstić information content (AvgIpc) is 3.37. The van der Waals surface area contributed by atoms with Crippen LogP contribution in [0.4, 0.5) is 0 Å². The van der Waals surface area contributed by atoms with Gasteiger partial charge in [0.15, 0.2) is 23.1 Å². The second-order valence-electron chi connectivity index (χ2n) is 8.27. The number of hydrogen-bond donors (Lipinski definition) is 1. The third-order valence-corrected chi connectivity index (χ3v) is 5.77. The van der Waals surface area contributed by atoms with Crippen LogP contribution in [0.3, 0.4) is 0 Å². The van der Waals surface area contributed by atoms with Crippen LogP contribution in [0.2, 0.25) is 0 Å². The number of carbonyl (C=O) groups is 1. The lowest BCUT2D eigenvalue weighted by molar-refractivity contribution is -0.145. The van der Waals surface area contributed by atoms with Gasteiger partial charge in [-0.1, -0.05) is 69.7 Å². The predicted octanol–water partition coefficient (Wildman–Crippen LogP) is 6.34. The summed E-state index contributed by atoms with van der Waals surface area (Å²) in [4.78, 5) is 16.9. The Kier molecular flexibility index (Phi) is 9.95. The molecule has 0 bridgehead atoms. The Morgan fingerprint density at radius 2 is 1.65 bits per heavy atom. The summed E-state index contributed by atoms with van der Waals surface area (Å²) in [6.45, 7) is 2.42. The molecule has 0 aliphatic carbocycles. The number of ether oxygens (including phenoxy) is 3. The fourth-order valence-electron chi connectivity index (χ4n) is 3.82. The average molecular weight is 466 g/mol. The number of nitrogens with zero attached hydrogens (tertiary/aromatic N) is 2. The molecular weight excluding hydrogens is 430 g/mol. The maximum Gasteiger partial charge on any atom is 0.306 e. The van der Waals surface area contributed by atoms with Crippen molar-refractivity contribution in [2.75, 3.05) is 14.2 Å². The second-order valence-corrected chi connectivity index (χ2v) is 8.27. The SMILES string of the molecule is CCCCCCCCCC(=O)OCc1ccccc1-c1nc(-c2ccc(OC)c(OC)c2)n[nH]1. The number of benzene rings is 2. The monoisotopic (exact) mass is 465 g/mol. The van der Waals surface area contributed by atoms with Crippen LogP contribution in [0.15, 0.2) is 42.5 Å². The van der Waals surface area contributed by atoms with Crippen molar-refractivity contribution in [2.45, 2.75) is 64.9 Å². The zero-order valence-electron chi connectivity index (χ0n) is 20.4. The van der Waals surface area contributed by atoms with E-state index in [0.717, 1.165) is 29.5 Å². The van der Waals surface area contributed by atoms with E-state index in [9.17, 15) is 4.79 Å². The molecule has 3 aromatic rings. The number of unbranched alkanes of at least 4 members (excludes halogenated alkanes) is 6. The van der Waals surface area contributed by atoms with E-state index < -0.39 is 0 Å². The molecule has 0 amide bonds. The molecule has 0 spiro atoms. The molecule has 0 aliphatic rings. The van der Waals surface area contributed by atoms with E-state index in [-0.39, 0.29) is 12.6 Å². The van der Waals surface area contributed by atoms with Crippen molar-refractivity contribution in [1.29, 1.82) is 0 Å². The van der Waals surface area contributed by atoms with E-state index in [1.807, 2.05) is 42.5 Å². The van der Waals surface area contributed by atoms with Crippen molar-refractivity contribution in [1.82, 2.24) is 15.2 Å². The first-order chi connectivity index (χ1) is 16.7. The zero-order chi connectivity index (χ0) is 24.2. The highest BCUT2D eigenvalue weighted by atomic mass is 16.5. The van der Waals surface area contributed by atoms with Crippen LogP contribution in [0.5, 0.6) is 11.5 Å². The van der Waals surface area contributed by atoms with E-state index in [1.165, 1.54) is 32.1 Å². The molecule has 0 unspecified atom stereocenters. The van der Waals surface area contributed by atoms with Crippen molar-refractivity contribution in [3.63, 3.8) is 0 Å². The molecule has 1 aromatic heterocycles. The van der Waals surface area contributed by atoms with Crippen LogP contribution in [-0.2, 0) is 16.1 Å². The standard InChI is InChI=1S/C27H35N3O4/c1-4-5-6-7-8-9-10-15-25(31)34-19-21-13-11-12-14-22(21)27-28-26(29-30-27)20-16-17-23(32-2)24(18-20)33-3/h11-14,16-18H,4-10,15,19H2,1-3H3,(H,28,29,30). The minimum Gasteiger partial charge on any atom is -0.493 e. The Morgan fingerprint density at radius 3 is 2.41 bits per heavy atom. The highest BCUT2D eigenvalue weighted by Gasteiger charge is 2.14. The van der Waals surface area contributed by atoms with Gasteiger partial charge in [-0.05, 0) is 24.6 Å². The van der Waals surface area contributed by atoms with E-state index in [1.54, 1.807) is 14.2 Å². The number of nitrogens with one attached hydrogen (secondary N) is 1. The van der Waals surface area contributed by atoms with Crippen molar-refractivity contribution >= 4 is 5.97 Å². The minimum absolute atomic E-state index is 0.160. The molecule has 3 rings (SSSR count). The van der Waals surface area contributed by atoms with Gasteiger partial charge in [0.2, 0.25) is 0 Å². The minimum atomic E-state index is -0.160. The molecule has 7 heteroatoms. The summed E-state index contributed by atoms with van der Waals surface area (Å²) in [5.41, 5.74) is 2.54. The Balaban J connectivity index is 1.59. The van der Waals surface area contributed by atoms with E-state index in [4.69, 9.17) is 14.2 Å². The van der Waals surface area contributed by atoms with E-state index in [2.05, 4.69) is 22.1 Å². The molecule has 1 heterocycles. The van der Waals surface area contributed by atoms with Gasteiger partial charge in [0.05, 0.1) is 14.2 Å². The molecule has 0 saturated heterocycles. The van der Waals surface area contributed by atoms with Crippen LogP contribution < -0.4 is 9.47 Å². The van der Waals surface area contributed by atoms with Crippen LogP contribution in [-0.4, -0.2) is 35.4 Å². The normalized spacial score (nSPS) is 10.8. The third-order valence-electron chi connectivity index (χ3n) is 5.77. The van der Waals surface area contributed by atoms with Crippen LogP contribution >= 0.6 is 0 Å². The van der Waals surface area contributed by atoms with Gasteiger partial charge < -0.3 is 14.2 Å². The van der Waals surface area contributed by atoms with Gasteiger partial charge in [-0.25, -0.2) is 4.98 Å². The molecule has 1 N–H and O–H groups in total. The summed E-state index contributed by atoms with van der Waals surface area (Å²) in [7, 11) is 3.19. The zero-order valence-corrected chi connectivity index (χ0v) is 20.4. The topological polar surface area (TPSA) is 86.3 Å². The molecule has 0 saturated carbocycles. The number of rotatable bonds is 14. The number of H-pyrrole nitrogens is 1. The Labute approximate surface area is 201 Å². The second kappa shape index (κ2) is 13.4. The Hall–Kier alpha value is -3.35. The smallest absolute Gasteiger partial charge is 0.306 e. The van der Waals surface area contributed by atoms with Crippen molar-refractivity contribution in [2.24, 2.45) is 0 Å². The lowest BCUT2D eigenvalue weighted by Crippen LogP contribution is -2.05. The Morgan fingerprint density at radius 1 is 0.912 bits per heavy atom. The highest BCUT2D eigenvalue weighted by Crippen LogP contribution is 2.32. The van der Waals surface area contributed by atoms with Gasteiger partial charge in [-0.2, -0.15) is 5.10 Å². The number of aromatic amines is 1. The first kappa shape index (κ1) is 25.3. The van der Waals surface area contributed by atoms with Crippen LogP contribution in [0.1, 0.15) is 63.9 Å². The molecule has 0 radical (unpaired) electrons. The fraction of sp³-hybridized carbons (Fsp3) is 0.444. The van der Waals surface area contributed by atoms with Crippen LogP contribution in [0, 0.1) is 0 Å². The number of esters is 1. The fourth-order valence-corrected chi connectivity index (χ4v) is 3.82. The first-order valence-corrected chi connectivity index (χ1v) is 12.0. The van der Waals surface area contributed by atoms with E-state index in [0.29, 0.717) is 29.6 Å². The summed E-state index contributed by atoms with van der Waals surface area (Å²) in [5, 5.41) is 7.37. The highest BCUT2D eigenvalue weighted by molar-refractivity contribution is 5.70. The molecule has 0 aliphatic heterocycles. The van der Waals surface area contributed by atoms with Crippen LogP contribution in [0.25, 0.3) is 22.8 Å². The number of methoxy groups -OCH3 is 2. The first-order valence-electron chi connectivity index (χ1n) is 12.0. The molecule has 0 atom stereocenters. The summed E-state index contributed by atoms with van der Waals surface area (Å²) in [5.74, 6) is 2.25. The van der Waals surface area contributed by atoms with Gasteiger partial charge >= 0.3 is 5.97 Å². The maximum absolute atomic E-state index is 12.2. The molecule has 182 valence electrons. The number of aromatic nitrogens is 3. The third kappa shape index (κ3) is 7.07. The van der Waals surface area contributed by atoms with Gasteiger partial charge in [-0.15, -0.1) is 0 Å². The van der Waals surface area contributed by atoms with E-state index >= 15 is 0 Å². The maximum atomic E-state index is 12.2. The van der Waals surface area contributed by atoms with Crippen molar-refractivity contribution < 1.29 is 19.0 Å². The molecular formula is C27H35N3O4. The summed E-state index contributed by atoms with van der Waals surface area (Å²) in [6.07, 6.45) is 8.68. The lowest BCUT2D eigenvalue weighted by atomic mass is 10.1. The Bertz CT molecular complexity index is 1050. The van der Waals surface area contributed by atoms with Crippen molar-refractivity contribution in [3.8, 4) is 34.3 Å². The van der Waals surface area contributed by atoms with Gasteiger partial charge in [0.1, 0.15) is 6.61 Å². The predicted molar refractivity (Wildman–Crippen MR) is 133 cm³/mol. The summed E-state index contributed by atoms with van der Waals surface area (Å²) < 4.78 is 16.2. The summed E-state index contributed by atoms with van der Waals surface area (Å²) >= 11 is 0.